The van der Waals surface area contributed by atoms with Crippen LogP contribution in [-0.2, 0) is 4.74 Å². The summed E-state index contributed by atoms with van der Waals surface area (Å²) < 4.78 is 15.5. The van der Waals surface area contributed by atoms with E-state index in [9.17, 15) is 4.79 Å². The number of carbonyl (C=O) groups excluding carboxylic acids is 1. The van der Waals surface area contributed by atoms with E-state index in [1.807, 2.05) is 0 Å². The molecule has 5 nitrogen and oxygen atoms in total. The van der Waals surface area contributed by atoms with Crippen molar-refractivity contribution in [3.05, 3.63) is 30.0 Å². The molecule has 19 heavy (non-hydrogen) atoms. The molecule has 0 bridgehead atoms. The van der Waals surface area contributed by atoms with Gasteiger partial charge in [-0.1, -0.05) is 0 Å². The Bertz CT molecular complexity index is 610. The number of ether oxygens (including phenoxy) is 3. The van der Waals surface area contributed by atoms with Crippen LogP contribution in [0.15, 0.2) is 24.4 Å². The summed E-state index contributed by atoms with van der Waals surface area (Å²) in [6, 6.07) is 5.25. The second-order valence-corrected chi connectivity index (χ2v) is 3.81. The van der Waals surface area contributed by atoms with Crippen molar-refractivity contribution in [2.75, 3.05) is 20.8 Å². The van der Waals surface area contributed by atoms with E-state index in [2.05, 4.69) is 4.98 Å². The van der Waals surface area contributed by atoms with E-state index in [1.165, 1.54) is 6.20 Å². The second-order valence-electron chi connectivity index (χ2n) is 3.81. The molecule has 100 valence electrons. The number of rotatable bonds is 4. The number of nitrogens with zero attached hydrogens (tertiary/aromatic N) is 1. The molecule has 0 saturated carbocycles. The molecule has 1 aromatic carbocycles. The van der Waals surface area contributed by atoms with Crippen molar-refractivity contribution < 1.29 is 19.0 Å². The highest BCUT2D eigenvalue weighted by atomic mass is 16.5. The molecule has 1 aromatic heterocycles. The third kappa shape index (κ3) is 2.45. The predicted octanol–water partition coefficient (Wildman–Crippen LogP) is 2.43. The van der Waals surface area contributed by atoms with Crippen LogP contribution >= 0.6 is 0 Å². The lowest BCUT2D eigenvalue weighted by atomic mass is 10.1. The van der Waals surface area contributed by atoms with Gasteiger partial charge in [0.15, 0.2) is 0 Å². The van der Waals surface area contributed by atoms with Gasteiger partial charge >= 0.3 is 5.97 Å². The Morgan fingerprint density at radius 3 is 2.53 bits per heavy atom. The summed E-state index contributed by atoms with van der Waals surface area (Å²) in [5, 5.41) is 0.715. The molecule has 0 aliphatic carbocycles. The molecular weight excluding hydrogens is 246 g/mol. The number of methoxy groups -OCH3 is 2. The van der Waals surface area contributed by atoms with Crippen LogP contribution in [0.5, 0.6) is 11.5 Å². The summed E-state index contributed by atoms with van der Waals surface area (Å²) in [6.07, 6.45) is 1.47. The maximum atomic E-state index is 11.7. The second kappa shape index (κ2) is 5.56. The smallest absolute Gasteiger partial charge is 0.339 e. The molecule has 0 amide bonds. The Morgan fingerprint density at radius 1 is 1.21 bits per heavy atom. The van der Waals surface area contributed by atoms with Gasteiger partial charge in [-0.25, -0.2) is 4.79 Å². The summed E-state index contributed by atoms with van der Waals surface area (Å²) in [5.74, 6) is 0.863. The summed E-state index contributed by atoms with van der Waals surface area (Å²) >= 11 is 0. The van der Waals surface area contributed by atoms with Gasteiger partial charge < -0.3 is 14.2 Å². The maximum absolute atomic E-state index is 11.7. The molecule has 0 fully saturated rings. The molecule has 0 atom stereocenters. The van der Waals surface area contributed by atoms with Crippen LogP contribution in [0.3, 0.4) is 0 Å². The first-order valence-corrected chi connectivity index (χ1v) is 5.89. The predicted molar refractivity (Wildman–Crippen MR) is 70.8 cm³/mol. The molecule has 5 heteroatoms. The molecule has 0 N–H and O–H groups in total. The van der Waals surface area contributed by atoms with Crippen molar-refractivity contribution in [1.29, 1.82) is 0 Å². The summed E-state index contributed by atoms with van der Waals surface area (Å²) in [7, 11) is 3.14. The molecule has 0 unspecified atom stereocenters. The Kier molecular flexibility index (Phi) is 3.85. The van der Waals surface area contributed by atoms with Gasteiger partial charge in [0.1, 0.15) is 17.0 Å². The molecular formula is C14H15NO4. The van der Waals surface area contributed by atoms with Gasteiger partial charge in [0, 0.05) is 11.6 Å². The lowest BCUT2D eigenvalue weighted by Gasteiger charge is -2.10. The lowest BCUT2D eigenvalue weighted by Crippen LogP contribution is -2.05. The quantitative estimate of drug-likeness (QED) is 0.791. The standard InChI is InChI=1S/C14H15NO4/c1-4-19-14(16)9-7-10-11(17-2)5-6-12(18-3)13(10)15-8-9/h5-8H,4H2,1-3H3. The van der Waals surface area contributed by atoms with Crippen LogP contribution in [0.2, 0.25) is 0 Å². The van der Waals surface area contributed by atoms with E-state index in [1.54, 1.807) is 39.3 Å². The van der Waals surface area contributed by atoms with Crippen molar-refractivity contribution in [1.82, 2.24) is 4.98 Å². The van der Waals surface area contributed by atoms with E-state index in [0.29, 0.717) is 34.6 Å². The molecule has 0 aliphatic heterocycles. The highest BCUT2D eigenvalue weighted by molar-refractivity contribution is 5.97. The van der Waals surface area contributed by atoms with Crippen LogP contribution in [0.25, 0.3) is 10.9 Å². The Balaban J connectivity index is 2.60. The van der Waals surface area contributed by atoms with E-state index < -0.39 is 5.97 Å². The summed E-state index contributed by atoms with van der Waals surface area (Å²) in [5.41, 5.74) is 1.04. The molecule has 0 aliphatic rings. The van der Waals surface area contributed by atoms with Crippen LogP contribution in [0.1, 0.15) is 17.3 Å². The number of benzene rings is 1. The van der Waals surface area contributed by atoms with Gasteiger partial charge in [0.2, 0.25) is 0 Å². The largest absolute Gasteiger partial charge is 0.496 e. The minimum atomic E-state index is -0.401. The zero-order valence-electron chi connectivity index (χ0n) is 11.1. The van der Waals surface area contributed by atoms with Crippen molar-refractivity contribution >= 4 is 16.9 Å². The van der Waals surface area contributed by atoms with Crippen molar-refractivity contribution in [2.45, 2.75) is 6.92 Å². The lowest BCUT2D eigenvalue weighted by molar-refractivity contribution is 0.0526. The van der Waals surface area contributed by atoms with E-state index >= 15 is 0 Å². The third-order valence-corrected chi connectivity index (χ3v) is 2.72. The maximum Gasteiger partial charge on any atom is 0.339 e. The van der Waals surface area contributed by atoms with Crippen molar-refractivity contribution in [2.24, 2.45) is 0 Å². The van der Waals surface area contributed by atoms with Crippen LogP contribution in [0.4, 0.5) is 0 Å². The molecule has 0 saturated heterocycles. The Hall–Kier alpha value is -2.30. The van der Waals surface area contributed by atoms with Crippen molar-refractivity contribution in [3.8, 4) is 11.5 Å². The minimum Gasteiger partial charge on any atom is -0.496 e. The van der Waals surface area contributed by atoms with Gasteiger partial charge in [-0.15, -0.1) is 0 Å². The number of aromatic nitrogens is 1. The first-order chi connectivity index (χ1) is 9.21. The molecule has 2 rings (SSSR count). The van der Waals surface area contributed by atoms with Crippen molar-refractivity contribution in [3.63, 3.8) is 0 Å². The number of esters is 1. The van der Waals surface area contributed by atoms with E-state index in [4.69, 9.17) is 14.2 Å². The van der Waals surface area contributed by atoms with E-state index in [0.717, 1.165) is 0 Å². The fraction of sp³-hybridized carbons (Fsp3) is 0.286. The molecule has 2 aromatic rings. The average Bonchev–Trinajstić information content (AvgIpc) is 2.45. The highest BCUT2D eigenvalue weighted by Gasteiger charge is 2.13. The van der Waals surface area contributed by atoms with Gasteiger partial charge in [0.25, 0.3) is 0 Å². The first-order valence-electron chi connectivity index (χ1n) is 5.89. The average molecular weight is 261 g/mol. The monoisotopic (exact) mass is 261 g/mol. The number of hydrogen-bond donors (Lipinski definition) is 0. The first kappa shape index (κ1) is 13.1. The van der Waals surface area contributed by atoms with Crippen LogP contribution < -0.4 is 9.47 Å². The molecule has 1 heterocycles. The minimum absolute atomic E-state index is 0.326. The SMILES string of the molecule is CCOC(=O)c1cnc2c(OC)ccc(OC)c2c1. The Labute approximate surface area is 111 Å². The van der Waals surface area contributed by atoms with Crippen LogP contribution in [0, 0.1) is 0 Å². The fourth-order valence-corrected chi connectivity index (χ4v) is 1.84. The third-order valence-electron chi connectivity index (χ3n) is 2.72. The van der Waals surface area contributed by atoms with E-state index in [-0.39, 0.29) is 0 Å². The topological polar surface area (TPSA) is 57.7 Å². The van der Waals surface area contributed by atoms with Gasteiger partial charge in [-0.05, 0) is 25.1 Å². The fourth-order valence-electron chi connectivity index (χ4n) is 1.84. The highest BCUT2D eigenvalue weighted by Crippen LogP contribution is 2.32. The zero-order chi connectivity index (χ0) is 13.8. The number of hydrogen-bond acceptors (Lipinski definition) is 5. The van der Waals surface area contributed by atoms with Crippen LogP contribution in [-0.4, -0.2) is 31.8 Å². The molecule has 0 spiro atoms. The molecule has 0 radical (unpaired) electrons. The normalized spacial score (nSPS) is 10.3. The Morgan fingerprint density at radius 2 is 1.89 bits per heavy atom. The van der Waals surface area contributed by atoms with Gasteiger partial charge in [0.05, 0.1) is 26.4 Å². The van der Waals surface area contributed by atoms with Gasteiger partial charge in [-0.2, -0.15) is 0 Å². The summed E-state index contributed by atoms with van der Waals surface area (Å²) in [6.45, 7) is 2.09. The number of fused-ring (bicyclic) bond motifs is 1. The van der Waals surface area contributed by atoms with Gasteiger partial charge in [-0.3, -0.25) is 4.98 Å². The zero-order valence-corrected chi connectivity index (χ0v) is 11.1. The summed E-state index contributed by atoms with van der Waals surface area (Å²) in [4.78, 5) is 16.0. The number of carbonyl (C=O) groups is 1. The number of pyridine rings is 1.